The minimum Gasteiger partial charge on any atom is -0.314 e. The molecule has 1 aromatic carbocycles. The molecule has 3 nitrogen and oxygen atoms in total. The fourth-order valence-corrected chi connectivity index (χ4v) is 2.44. The van der Waals surface area contributed by atoms with Gasteiger partial charge in [0.25, 0.3) is 0 Å². The van der Waals surface area contributed by atoms with E-state index in [9.17, 15) is 0 Å². The number of rotatable bonds is 5. The van der Waals surface area contributed by atoms with Gasteiger partial charge in [0.2, 0.25) is 0 Å². The normalized spacial score (nSPS) is 14.9. The maximum Gasteiger partial charge on any atom is 0.0706 e. The van der Waals surface area contributed by atoms with E-state index in [2.05, 4.69) is 55.5 Å². The van der Waals surface area contributed by atoms with E-state index in [0.29, 0.717) is 12.0 Å². The van der Waals surface area contributed by atoms with Crippen LogP contribution in [0, 0.1) is 5.92 Å². The van der Waals surface area contributed by atoms with Crippen molar-refractivity contribution in [1.82, 2.24) is 15.1 Å². The van der Waals surface area contributed by atoms with Crippen LogP contribution in [0.25, 0.3) is 10.9 Å². The van der Waals surface area contributed by atoms with Gasteiger partial charge < -0.3 is 5.32 Å². The lowest BCUT2D eigenvalue weighted by Gasteiger charge is -2.19. The van der Waals surface area contributed by atoms with Crippen LogP contribution in [0.3, 0.4) is 0 Å². The Bertz CT molecular complexity index is 515. The number of para-hydroxylation sites is 1. The van der Waals surface area contributed by atoms with Crippen molar-refractivity contribution in [2.24, 2.45) is 13.0 Å². The molecule has 98 valence electrons. The van der Waals surface area contributed by atoms with E-state index in [4.69, 9.17) is 0 Å². The highest BCUT2D eigenvalue weighted by Gasteiger charge is 2.15. The van der Waals surface area contributed by atoms with Crippen LogP contribution >= 0.6 is 0 Å². The SMILES string of the molecule is CCNC(C)C(C)Cc1nn(C)c2ccccc12. The highest BCUT2D eigenvalue weighted by Crippen LogP contribution is 2.21. The molecule has 0 amide bonds. The predicted molar refractivity (Wildman–Crippen MR) is 76.7 cm³/mol. The summed E-state index contributed by atoms with van der Waals surface area (Å²) < 4.78 is 1.98. The molecule has 2 rings (SSSR count). The summed E-state index contributed by atoms with van der Waals surface area (Å²) in [5.41, 5.74) is 2.43. The van der Waals surface area contributed by atoms with Gasteiger partial charge in [0.1, 0.15) is 0 Å². The van der Waals surface area contributed by atoms with Crippen LogP contribution in [0.2, 0.25) is 0 Å². The second kappa shape index (κ2) is 5.53. The van der Waals surface area contributed by atoms with Crippen LogP contribution in [0.4, 0.5) is 0 Å². The van der Waals surface area contributed by atoms with Crippen LogP contribution < -0.4 is 5.32 Å². The van der Waals surface area contributed by atoms with Crippen molar-refractivity contribution in [2.45, 2.75) is 33.2 Å². The number of hydrogen-bond donors (Lipinski definition) is 1. The molecule has 1 aromatic heterocycles. The van der Waals surface area contributed by atoms with E-state index in [-0.39, 0.29) is 0 Å². The van der Waals surface area contributed by atoms with Crippen LogP contribution in [-0.4, -0.2) is 22.4 Å². The molecule has 1 N–H and O–H groups in total. The van der Waals surface area contributed by atoms with Gasteiger partial charge in [-0.05, 0) is 31.9 Å². The molecule has 1 heterocycles. The summed E-state index contributed by atoms with van der Waals surface area (Å²) in [7, 11) is 2.02. The predicted octanol–water partition coefficient (Wildman–Crippen LogP) is 2.75. The number of benzene rings is 1. The molecule has 2 atom stereocenters. The smallest absolute Gasteiger partial charge is 0.0706 e. The molecule has 2 unspecified atom stereocenters. The molecule has 0 aliphatic rings. The Labute approximate surface area is 109 Å². The number of nitrogens with one attached hydrogen (secondary N) is 1. The summed E-state index contributed by atoms with van der Waals surface area (Å²) in [6.07, 6.45) is 1.02. The molecule has 0 spiro atoms. The first kappa shape index (κ1) is 13.1. The van der Waals surface area contributed by atoms with Crippen molar-refractivity contribution in [3.05, 3.63) is 30.0 Å². The largest absolute Gasteiger partial charge is 0.314 e. The third kappa shape index (κ3) is 2.56. The molecule has 0 bridgehead atoms. The first-order valence-electron chi connectivity index (χ1n) is 6.77. The van der Waals surface area contributed by atoms with Crippen LogP contribution in [0.5, 0.6) is 0 Å². The Kier molecular flexibility index (Phi) is 4.02. The van der Waals surface area contributed by atoms with Gasteiger partial charge in [0, 0.05) is 18.5 Å². The molecule has 0 radical (unpaired) electrons. The van der Waals surface area contributed by atoms with Crippen molar-refractivity contribution < 1.29 is 0 Å². The average molecular weight is 245 g/mol. The third-order valence-electron chi connectivity index (χ3n) is 3.73. The Balaban J connectivity index is 2.21. The Morgan fingerprint density at radius 2 is 2.00 bits per heavy atom. The summed E-state index contributed by atoms with van der Waals surface area (Å²) in [6, 6.07) is 8.98. The fourth-order valence-electron chi connectivity index (χ4n) is 2.44. The molecule has 18 heavy (non-hydrogen) atoms. The summed E-state index contributed by atoms with van der Waals surface area (Å²) in [5, 5.41) is 9.43. The van der Waals surface area contributed by atoms with E-state index in [0.717, 1.165) is 13.0 Å². The lowest BCUT2D eigenvalue weighted by Crippen LogP contribution is -2.33. The maximum absolute atomic E-state index is 4.66. The van der Waals surface area contributed by atoms with Crippen molar-refractivity contribution in [3.8, 4) is 0 Å². The van der Waals surface area contributed by atoms with Crippen molar-refractivity contribution >= 4 is 10.9 Å². The van der Waals surface area contributed by atoms with Gasteiger partial charge in [-0.2, -0.15) is 5.10 Å². The molecule has 0 saturated carbocycles. The summed E-state index contributed by atoms with van der Waals surface area (Å²) in [5.74, 6) is 0.586. The zero-order chi connectivity index (χ0) is 13.1. The highest BCUT2D eigenvalue weighted by molar-refractivity contribution is 5.81. The number of aromatic nitrogens is 2. The maximum atomic E-state index is 4.66. The highest BCUT2D eigenvalue weighted by atomic mass is 15.3. The van der Waals surface area contributed by atoms with Crippen LogP contribution in [0.15, 0.2) is 24.3 Å². The summed E-state index contributed by atoms with van der Waals surface area (Å²) >= 11 is 0. The van der Waals surface area contributed by atoms with Crippen LogP contribution in [-0.2, 0) is 13.5 Å². The van der Waals surface area contributed by atoms with E-state index >= 15 is 0 Å². The second-order valence-corrected chi connectivity index (χ2v) is 5.12. The first-order chi connectivity index (χ1) is 8.63. The zero-order valence-corrected chi connectivity index (χ0v) is 11.8. The van der Waals surface area contributed by atoms with Crippen molar-refractivity contribution in [2.75, 3.05) is 6.54 Å². The van der Waals surface area contributed by atoms with Gasteiger partial charge in [0.05, 0.1) is 11.2 Å². The second-order valence-electron chi connectivity index (χ2n) is 5.12. The lowest BCUT2D eigenvalue weighted by molar-refractivity contribution is 0.403. The van der Waals surface area contributed by atoms with Gasteiger partial charge in [0.15, 0.2) is 0 Å². The van der Waals surface area contributed by atoms with E-state index in [1.165, 1.54) is 16.6 Å². The molecule has 0 saturated heterocycles. The standard InChI is InChI=1S/C15H23N3/c1-5-16-12(3)11(2)10-14-13-8-6-7-9-15(13)18(4)17-14/h6-9,11-12,16H,5,10H2,1-4H3. The molecule has 0 aliphatic heterocycles. The fraction of sp³-hybridized carbons (Fsp3) is 0.533. The van der Waals surface area contributed by atoms with E-state index in [1.807, 2.05) is 11.7 Å². The zero-order valence-electron chi connectivity index (χ0n) is 11.8. The monoisotopic (exact) mass is 245 g/mol. The molecule has 0 aliphatic carbocycles. The van der Waals surface area contributed by atoms with Gasteiger partial charge >= 0.3 is 0 Å². The van der Waals surface area contributed by atoms with E-state index < -0.39 is 0 Å². The van der Waals surface area contributed by atoms with Crippen molar-refractivity contribution in [1.29, 1.82) is 0 Å². The number of fused-ring (bicyclic) bond motifs is 1. The minimum atomic E-state index is 0.524. The van der Waals surface area contributed by atoms with Crippen LogP contribution in [0.1, 0.15) is 26.5 Å². The topological polar surface area (TPSA) is 29.9 Å². The minimum absolute atomic E-state index is 0.524. The van der Waals surface area contributed by atoms with Gasteiger partial charge in [-0.15, -0.1) is 0 Å². The molecule has 0 fully saturated rings. The van der Waals surface area contributed by atoms with Gasteiger partial charge in [-0.3, -0.25) is 4.68 Å². The number of aryl methyl sites for hydroxylation is 1. The molecule has 3 heteroatoms. The summed E-state index contributed by atoms with van der Waals surface area (Å²) in [6.45, 7) is 7.71. The molecular formula is C15H23N3. The quantitative estimate of drug-likeness (QED) is 0.878. The molecular weight excluding hydrogens is 222 g/mol. The molecule has 2 aromatic rings. The number of hydrogen-bond acceptors (Lipinski definition) is 2. The Morgan fingerprint density at radius 3 is 2.72 bits per heavy atom. The van der Waals surface area contributed by atoms with Gasteiger partial charge in [-0.25, -0.2) is 0 Å². The van der Waals surface area contributed by atoms with Gasteiger partial charge in [-0.1, -0.05) is 32.0 Å². The first-order valence-corrected chi connectivity index (χ1v) is 6.77. The Hall–Kier alpha value is -1.35. The lowest BCUT2D eigenvalue weighted by atomic mass is 9.96. The number of nitrogens with zero attached hydrogens (tertiary/aromatic N) is 2. The average Bonchev–Trinajstić information content (AvgIpc) is 2.67. The third-order valence-corrected chi connectivity index (χ3v) is 3.73. The van der Waals surface area contributed by atoms with E-state index in [1.54, 1.807) is 0 Å². The Morgan fingerprint density at radius 1 is 1.28 bits per heavy atom. The van der Waals surface area contributed by atoms with Crippen molar-refractivity contribution in [3.63, 3.8) is 0 Å². The summed E-state index contributed by atoms with van der Waals surface area (Å²) in [4.78, 5) is 0.